The van der Waals surface area contributed by atoms with E-state index in [0.29, 0.717) is 5.56 Å². The maximum absolute atomic E-state index is 11.7. The van der Waals surface area contributed by atoms with Crippen LogP contribution in [-0.2, 0) is 0 Å². The third-order valence-corrected chi connectivity index (χ3v) is 1.73. The molecule has 0 fully saturated rings. The Kier molecular flexibility index (Phi) is 2.27. The molecular formula is C10H7N3O. The van der Waals surface area contributed by atoms with E-state index in [0.717, 1.165) is 0 Å². The minimum absolute atomic E-state index is 0.172. The van der Waals surface area contributed by atoms with Crippen molar-refractivity contribution in [2.75, 3.05) is 0 Å². The Labute approximate surface area is 80.7 Å². The average molecular weight is 185 g/mol. The van der Waals surface area contributed by atoms with Gasteiger partial charge in [-0.1, -0.05) is 30.3 Å². The minimum Gasteiger partial charge on any atom is -0.285 e. The molecule has 0 amide bonds. The number of hydrogen-bond donors (Lipinski definition) is 0. The molecule has 1 aromatic carbocycles. The second kappa shape index (κ2) is 3.74. The molecule has 4 nitrogen and oxygen atoms in total. The molecule has 0 unspecified atom stereocenters. The molecule has 4 heteroatoms. The highest BCUT2D eigenvalue weighted by Crippen LogP contribution is 2.03. The first-order valence-electron chi connectivity index (χ1n) is 4.09. The Morgan fingerprint density at radius 2 is 1.64 bits per heavy atom. The Balaban J connectivity index is 2.35. The summed E-state index contributed by atoms with van der Waals surface area (Å²) in [7, 11) is 0. The summed E-state index contributed by atoms with van der Waals surface area (Å²) in [4.78, 5) is 22.9. The van der Waals surface area contributed by atoms with E-state index in [2.05, 4.69) is 15.0 Å². The molecule has 0 bridgehead atoms. The Morgan fingerprint density at radius 3 is 2.29 bits per heavy atom. The number of nitrogens with zero attached hydrogens (tertiary/aromatic N) is 3. The fourth-order valence-corrected chi connectivity index (χ4v) is 1.08. The zero-order chi connectivity index (χ0) is 9.80. The highest BCUT2D eigenvalue weighted by molar-refractivity contribution is 6.06. The third kappa shape index (κ3) is 1.64. The molecule has 0 saturated carbocycles. The molecule has 0 N–H and O–H groups in total. The molecule has 0 spiro atoms. The lowest BCUT2D eigenvalue weighted by Crippen LogP contribution is -2.06. The summed E-state index contributed by atoms with van der Waals surface area (Å²) < 4.78 is 0. The molecule has 0 radical (unpaired) electrons. The summed E-state index contributed by atoms with van der Waals surface area (Å²) in [6, 6.07) is 8.91. The fraction of sp³-hybridized carbons (Fsp3) is 0. The first-order valence-corrected chi connectivity index (χ1v) is 4.09. The highest BCUT2D eigenvalue weighted by Gasteiger charge is 2.10. The van der Waals surface area contributed by atoms with Crippen molar-refractivity contribution < 1.29 is 4.79 Å². The zero-order valence-corrected chi connectivity index (χ0v) is 7.29. The summed E-state index contributed by atoms with van der Waals surface area (Å²) in [5, 5.41) is 0. The molecule has 0 saturated heterocycles. The van der Waals surface area contributed by atoms with E-state index in [1.807, 2.05) is 6.07 Å². The molecule has 0 atom stereocenters. The normalized spacial score (nSPS) is 9.71. The van der Waals surface area contributed by atoms with Crippen LogP contribution >= 0.6 is 0 Å². The molecule has 68 valence electrons. The van der Waals surface area contributed by atoms with Crippen molar-refractivity contribution in [2.45, 2.75) is 0 Å². The molecule has 1 heterocycles. The van der Waals surface area contributed by atoms with Crippen molar-refractivity contribution in [3.63, 3.8) is 0 Å². The Morgan fingerprint density at radius 1 is 1.00 bits per heavy atom. The summed E-state index contributed by atoms with van der Waals surface area (Å²) in [6.07, 6.45) is 2.62. The number of hydrogen-bond acceptors (Lipinski definition) is 4. The van der Waals surface area contributed by atoms with Gasteiger partial charge in [-0.15, -0.1) is 0 Å². The van der Waals surface area contributed by atoms with Crippen LogP contribution in [0.4, 0.5) is 0 Å². The monoisotopic (exact) mass is 185 g/mol. The van der Waals surface area contributed by atoms with E-state index in [9.17, 15) is 4.79 Å². The number of ketones is 1. The van der Waals surface area contributed by atoms with Gasteiger partial charge in [-0.3, -0.25) is 4.79 Å². The van der Waals surface area contributed by atoms with Crippen LogP contribution in [0.15, 0.2) is 43.0 Å². The number of carbonyl (C=O) groups excluding carboxylic acids is 1. The minimum atomic E-state index is -0.187. The lowest BCUT2D eigenvalue weighted by molar-refractivity contribution is 0.102. The van der Waals surface area contributed by atoms with E-state index >= 15 is 0 Å². The zero-order valence-electron chi connectivity index (χ0n) is 7.29. The summed E-state index contributed by atoms with van der Waals surface area (Å²) in [5.41, 5.74) is 0.582. The molecule has 2 rings (SSSR count). The van der Waals surface area contributed by atoms with Gasteiger partial charge in [0, 0.05) is 5.56 Å². The third-order valence-electron chi connectivity index (χ3n) is 1.73. The molecule has 0 aliphatic rings. The predicted molar refractivity (Wildman–Crippen MR) is 49.7 cm³/mol. The van der Waals surface area contributed by atoms with Crippen LogP contribution in [0.3, 0.4) is 0 Å². The molecule has 2 aromatic rings. The van der Waals surface area contributed by atoms with Crippen LogP contribution in [-0.4, -0.2) is 20.7 Å². The van der Waals surface area contributed by atoms with Gasteiger partial charge in [-0.05, 0) is 0 Å². The van der Waals surface area contributed by atoms with Crippen molar-refractivity contribution in [1.82, 2.24) is 15.0 Å². The molecule has 0 aliphatic carbocycles. The summed E-state index contributed by atoms with van der Waals surface area (Å²) >= 11 is 0. The average Bonchev–Trinajstić information content (AvgIpc) is 2.30. The van der Waals surface area contributed by atoms with Crippen molar-refractivity contribution in [3.8, 4) is 0 Å². The van der Waals surface area contributed by atoms with Crippen molar-refractivity contribution in [2.24, 2.45) is 0 Å². The van der Waals surface area contributed by atoms with Gasteiger partial charge in [0.25, 0.3) is 0 Å². The van der Waals surface area contributed by atoms with Crippen molar-refractivity contribution in [1.29, 1.82) is 0 Å². The number of benzene rings is 1. The molecule has 1 aromatic heterocycles. The first kappa shape index (κ1) is 8.50. The SMILES string of the molecule is O=C(c1ccccc1)c1ncncn1. The quantitative estimate of drug-likeness (QED) is 0.657. The maximum atomic E-state index is 11.7. The number of rotatable bonds is 2. The van der Waals surface area contributed by atoms with Gasteiger partial charge >= 0.3 is 0 Å². The van der Waals surface area contributed by atoms with E-state index < -0.39 is 0 Å². The lowest BCUT2D eigenvalue weighted by atomic mass is 10.1. The van der Waals surface area contributed by atoms with Gasteiger partial charge in [0.15, 0.2) is 0 Å². The van der Waals surface area contributed by atoms with Crippen LogP contribution in [0.1, 0.15) is 16.2 Å². The molecular weight excluding hydrogens is 178 g/mol. The van der Waals surface area contributed by atoms with E-state index in [-0.39, 0.29) is 11.6 Å². The second-order valence-electron chi connectivity index (χ2n) is 2.66. The van der Waals surface area contributed by atoms with Crippen molar-refractivity contribution in [3.05, 3.63) is 54.4 Å². The van der Waals surface area contributed by atoms with Crippen LogP contribution < -0.4 is 0 Å². The standard InChI is InChI=1S/C10H7N3O/c14-9(8-4-2-1-3-5-8)10-12-6-11-7-13-10/h1-7H. The topological polar surface area (TPSA) is 55.7 Å². The lowest BCUT2D eigenvalue weighted by Gasteiger charge is -1.96. The molecule has 0 aliphatic heterocycles. The summed E-state index contributed by atoms with van der Waals surface area (Å²) in [5.74, 6) is -0.0146. The van der Waals surface area contributed by atoms with Crippen LogP contribution in [0.5, 0.6) is 0 Å². The van der Waals surface area contributed by atoms with Crippen LogP contribution in [0.25, 0.3) is 0 Å². The fourth-order valence-electron chi connectivity index (χ4n) is 1.08. The number of carbonyl (C=O) groups is 1. The van der Waals surface area contributed by atoms with Crippen molar-refractivity contribution >= 4 is 5.78 Å². The van der Waals surface area contributed by atoms with E-state index in [1.165, 1.54) is 12.7 Å². The van der Waals surface area contributed by atoms with Gasteiger partial charge in [0.05, 0.1) is 0 Å². The smallest absolute Gasteiger partial charge is 0.230 e. The van der Waals surface area contributed by atoms with Crippen LogP contribution in [0, 0.1) is 0 Å². The first-order chi connectivity index (χ1) is 6.88. The summed E-state index contributed by atoms with van der Waals surface area (Å²) in [6.45, 7) is 0. The second-order valence-corrected chi connectivity index (χ2v) is 2.66. The van der Waals surface area contributed by atoms with Gasteiger partial charge in [0.2, 0.25) is 11.6 Å². The highest BCUT2D eigenvalue weighted by atomic mass is 16.1. The predicted octanol–water partition coefficient (Wildman–Crippen LogP) is 1.10. The van der Waals surface area contributed by atoms with Gasteiger partial charge < -0.3 is 0 Å². The van der Waals surface area contributed by atoms with Crippen LogP contribution in [0.2, 0.25) is 0 Å². The number of aromatic nitrogens is 3. The Bertz CT molecular complexity index is 386. The Hall–Kier alpha value is -2.10. The molecule has 14 heavy (non-hydrogen) atoms. The van der Waals surface area contributed by atoms with Gasteiger partial charge in [-0.25, -0.2) is 15.0 Å². The maximum Gasteiger partial charge on any atom is 0.230 e. The van der Waals surface area contributed by atoms with E-state index in [1.54, 1.807) is 24.3 Å². The van der Waals surface area contributed by atoms with Gasteiger partial charge in [0.1, 0.15) is 12.7 Å². The largest absolute Gasteiger partial charge is 0.285 e. The van der Waals surface area contributed by atoms with Gasteiger partial charge in [-0.2, -0.15) is 0 Å². The van der Waals surface area contributed by atoms with E-state index in [4.69, 9.17) is 0 Å².